The molecule has 4 N–H and O–H groups in total. The summed E-state index contributed by atoms with van der Waals surface area (Å²) >= 11 is 0. The average molecular weight is 381 g/mol. The van der Waals surface area contributed by atoms with Crippen molar-refractivity contribution in [2.24, 2.45) is 5.73 Å². The van der Waals surface area contributed by atoms with Crippen LogP contribution in [0, 0.1) is 19.7 Å². The number of benzene rings is 2. The lowest BCUT2D eigenvalue weighted by Gasteiger charge is -2.28. The van der Waals surface area contributed by atoms with Crippen molar-refractivity contribution < 1.29 is 19.1 Å². The van der Waals surface area contributed by atoms with Gasteiger partial charge in [-0.05, 0) is 48.6 Å². The number of nitrogens with one attached hydrogen (secondary N) is 1. The zero-order valence-corrected chi connectivity index (χ0v) is 15.6. The van der Waals surface area contributed by atoms with Crippen LogP contribution in [0.1, 0.15) is 32.7 Å². The van der Waals surface area contributed by atoms with E-state index in [0.29, 0.717) is 29.4 Å². The van der Waals surface area contributed by atoms with Crippen molar-refractivity contribution in [3.05, 3.63) is 58.0 Å². The van der Waals surface area contributed by atoms with Crippen LogP contribution >= 0.6 is 0 Å². The molecule has 28 heavy (non-hydrogen) atoms. The Balaban J connectivity index is 2.01. The molecule has 3 aromatic rings. The number of fused-ring (bicyclic) bond motifs is 2. The smallest absolute Gasteiger partial charge is 0.407 e. The molecule has 0 saturated carbocycles. The summed E-state index contributed by atoms with van der Waals surface area (Å²) in [6, 6.07) is 6.71. The first-order chi connectivity index (χ1) is 13.3. The number of carbonyl (C=O) groups is 2. The van der Waals surface area contributed by atoms with Crippen molar-refractivity contribution in [3.63, 3.8) is 0 Å². The molecule has 2 heterocycles. The molecule has 0 aliphatic carbocycles. The Kier molecular flexibility index (Phi) is 4.10. The molecular formula is C21H20FN3O3. The van der Waals surface area contributed by atoms with Crippen LogP contribution in [0.2, 0.25) is 0 Å². The van der Waals surface area contributed by atoms with E-state index in [1.54, 1.807) is 0 Å². The van der Waals surface area contributed by atoms with Gasteiger partial charge < -0.3 is 20.7 Å². The quantitative estimate of drug-likeness (QED) is 0.631. The third-order valence-corrected chi connectivity index (χ3v) is 5.60. The first-order valence-electron chi connectivity index (χ1n) is 8.99. The van der Waals surface area contributed by atoms with Gasteiger partial charge in [0.2, 0.25) is 0 Å². The maximum atomic E-state index is 15.3. The van der Waals surface area contributed by atoms with Gasteiger partial charge in [0.15, 0.2) is 0 Å². The minimum atomic E-state index is -0.965. The van der Waals surface area contributed by atoms with Gasteiger partial charge in [0.25, 0.3) is 5.91 Å². The number of amides is 2. The lowest BCUT2D eigenvalue weighted by molar-refractivity contribution is 0.100. The Morgan fingerprint density at radius 1 is 1.29 bits per heavy atom. The number of H-pyrrole nitrogens is 1. The van der Waals surface area contributed by atoms with Crippen LogP contribution in [0.3, 0.4) is 0 Å². The van der Waals surface area contributed by atoms with Gasteiger partial charge >= 0.3 is 6.09 Å². The van der Waals surface area contributed by atoms with E-state index in [1.165, 1.54) is 11.0 Å². The van der Waals surface area contributed by atoms with E-state index >= 15 is 4.39 Å². The zero-order chi connectivity index (χ0) is 20.2. The van der Waals surface area contributed by atoms with Crippen LogP contribution in [-0.2, 0) is 13.0 Å². The molecule has 0 bridgehead atoms. The number of hydrogen-bond donors (Lipinski definition) is 3. The van der Waals surface area contributed by atoms with Gasteiger partial charge in [-0.3, -0.25) is 4.79 Å². The summed E-state index contributed by atoms with van der Waals surface area (Å²) in [6.45, 7) is 4.37. The summed E-state index contributed by atoms with van der Waals surface area (Å²) in [6.07, 6.45) is -0.466. The number of primary amides is 1. The second kappa shape index (κ2) is 6.37. The Bertz CT molecular complexity index is 1150. The van der Waals surface area contributed by atoms with Crippen LogP contribution in [0.15, 0.2) is 24.3 Å². The molecule has 144 valence electrons. The predicted molar refractivity (Wildman–Crippen MR) is 104 cm³/mol. The number of carbonyl (C=O) groups excluding carboxylic acids is 1. The van der Waals surface area contributed by atoms with Gasteiger partial charge in [-0.15, -0.1) is 0 Å². The fraction of sp³-hybridized carbons (Fsp3) is 0.238. The molecule has 2 amide bonds. The number of nitrogens with two attached hydrogens (primary N) is 1. The largest absolute Gasteiger partial charge is 0.465 e. The highest BCUT2D eigenvalue weighted by molar-refractivity contribution is 6.11. The van der Waals surface area contributed by atoms with E-state index in [4.69, 9.17) is 5.73 Å². The first kappa shape index (κ1) is 18.0. The lowest BCUT2D eigenvalue weighted by atomic mass is 9.87. The van der Waals surface area contributed by atoms with Gasteiger partial charge in [-0.1, -0.05) is 18.2 Å². The van der Waals surface area contributed by atoms with Crippen LogP contribution in [-0.4, -0.2) is 33.5 Å². The second-order valence-electron chi connectivity index (χ2n) is 7.17. The van der Waals surface area contributed by atoms with E-state index in [2.05, 4.69) is 4.98 Å². The molecule has 4 rings (SSSR count). The molecule has 1 aromatic heterocycles. The van der Waals surface area contributed by atoms with Crippen molar-refractivity contribution in [2.75, 3.05) is 6.54 Å². The van der Waals surface area contributed by atoms with Crippen molar-refractivity contribution in [1.29, 1.82) is 0 Å². The van der Waals surface area contributed by atoms with Crippen LogP contribution in [0.25, 0.3) is 22.0 Å². The van der Waals surface area contributed by atoms with E-state index in [0.717, 1.165) is 27.9 Å². The maximum absolute atomic E-state index is 15.3. The summed E-state index contributed by atoms with van der Waals surface area (Å²) in [5.41, 5.74) is 10.7. The molecule has 0 radical (unpaired) electrons. The third-order valence-electron chi connectivity index (χ3n) is 5.60. The van der Waals surface area contributed by atoms with Crippen molar-refractivity contribution in [1.82, 2.24) is 9.88 Å². The SMILES string of the molecule is Cc1[nH]c2c(C(N)=O)cc(F)c(-c3cccc4c3CCN(C(=O)O)C4)c2c1C. The van der Waals surface area contributed by atoms with Crippen molar-refractivity contribution in [2.45, 2.75) is 26.8 Å². The van der Waals surface area contributed by atoms with Crippen LogP contribution in [0.5, 0.6) is 0 Å². The molecule has 7 heteroatoms. The molecular weight excluding hydrogens is 361 g/mol. The Labute approximate surface area is 160 Å². The molecule has 0 fully saturated rings. The highest BCUT2D eigenvalue weighted by atomic mass is 19.1. The van der Waals surface area contributed by atoms with Crippen LogP contribution < -0.4 is 5.73 Å². The summed E-state index contributed by atoms with van der Waals surface area (Å²) in [4.78, 5) is 27.7. The maximum Gasteiger partial charge on any atom is 0.407 e. The molecule has 0 spiro atoms. The Morgan fingerprint density at radius 3 is 2.71 bits per heavy atom. The molecule has 1 aliphatic heterocycles. The molecule has 0 unspecified atom stereocenters. The van der Waals surface area contributed by atoms with Gasteiger partial charge in [0, 0.05) is 29.7 Å². The zero-order valence-electron chi connectivity index (χ0n) is 15.6. The van der Waals surface area contributed by atoms with E-state index in [1.807, 2.05) is 32.0 Å². The van der Waals surface area contributed by atoms with Crippen molar-refractivity contribution >= 4 is 22.9 Å². The van der Waals surface area contributed by atoms with E-state index < -0.39 is 17.8 Å². The number of carboxylic acid groups (broad SMARTS) is 1. The summed E-state index contributed by atoms with van der Waals surface area (Å²) in [7, 11) is 0. The van der Waals surface area contributed by atoms with E-state index in [9.17, 15) is 14.7 Å². The summed E-state index contributed by atoms with van der Waals surface area (Å²) in [5, 5.41) is 9.91. The highest BCUT2D eigenvalue weighted by Crippen LogP contribution is 2.40. The minimum Gasteiger partial charge on any atom is -0.465 e. The fourth-order valence-electron chi connectivity index (χ4n) is 4.09. The Morgan fingerprint density at radius 2 is 2.04 bits per heavy atom. The van der Waals surface area contributed by atoms with Gasteiger partial charge in [0.05, 0.1) is 11.1 Å². The standard InChI is InChI=1S/C21H20FN3O3/c1-10-11(2)24-19-15(20(23)26)8-16(22)18(17(10)19)14-5-3-4-12-9-25(21(27)28)7-6-13(12)14/h3-5,8,24H,6-7,9H2,1-2H3,(H2,23,26)(H,27,28). The number of aromatic nitrogens is 1. The minimum absolute atomic E-state index is 0.120. The second-order valence-corrected chi connectivity index (χ2v) is 7.17. The number of aromatic amines is 1. The summed E-state index contributed by atoms with van der Waals surface area (Å²) in [5.74, 6) is -1.21. The van der Waals surface area contributed by atoms with Crippen LogP contribution in [0.4, 0.5) is 9.18 Å². The lowest BCUT2D eigenvalue weighted by Crippen LogP contribution is -2.34. The molecule has 0 saturated heterocycles. The number of hydrogen-bond acceptors (Lipinski definition) is 2. The first-order valence-corrected chi connectivity index (χ1v) is 8.99. The number of rotatable bonds is 2. The molecule has 0 atom stereocenters. The summed E-state index contributed by atoms with van der Waals surface area (Å²) < 4.78 is 15.3. The van der Waals surface area contributed by atoms with Gasteiger partial charge in [0.1, 0.15) is 5.82 Å². The monoisotopic (exact) mass is 381 g/mol. The normalized spacial score (nSPS) is 13.6. The molecule has 2 aromatic carbocycles. The highest BCUT2D eigenvalue weighted by Gasteiger charge is 2.26. The number of halogens is 1. The van der Waals surface area contributed by atoms with E-state index in [-0.39, 0.29) is 12.1 Å². The fourth-order valence-corrected chi connectivity index (χ4v) is 4.09. The topological polar surface area (TPSA) is 99.4 Å². The predicted octanol–water partition coefficient (Wildman–Crippen LogP) is 3.73. The molecule has 1 aliphatic rings. The number of nitrogens with zero attached hydrogens (tertiary/aromatic N) is 1. The van der Waals surface area contributed by atoms with Gasteiger partial charge in [-0.25, -0.2) is 9.18 Å². The van der Waals surface area contributed by atoms with Crippen molar-refractivity contribution in [3.8, 4) is 11.1 Å². The third kappa shape index (κ3) is 2.62. The number of aryl methyl sites for hydroxylation is 2. The Hall–Kier alpha value is -3.35. The average Bonchev–Trinajstić information content (AvgIpc) is 2.95. The van der Waals surface area contributed by atoms with Gasteiger partial charge in [-0.2, -0.15) is 0 Å². The molecule has 6 nitrogen and oxygen atoms in total.